The van der Waals surface area contributed by atoms with Crippen molar-refractivity contribution in [3.8, 4) is 0 Å². The van der Waals surface area contributed by atoms with Crippen molar-refractivity contribution in [1.29, 1.82) is 0 Å². The molecule has 0 amide bonds. The second-order valence-corrected chi connectivity index (χ2v) is 3.04. The van der Waals surface area contributed by atoms with Crippen LogP contribution in [0.3, 0.4) is 0 Å². The molecule has 0 rings (SSSR count). The maximum absolute atomic E-state index is 12.1. The van der Waals surface area contributed by atoms with Crippen LogP contribution in [0.2, 0.25) is 0 Å². The SMILES string of the molecule is CC(C)C/C(=C\[N+](=O)[O-])C(F)(F)F. The summed E-state index contributed by atoms with van der Waals surface area (Å²) in [7, 11) is 0. The molecule has 0 spiro atoms. The average molecular weight is 197 g/mol. The monoisotopic (exact) mass is 197 g/mol. The third-order valence-electron chi connectivity index (χ3n) is 1.25. The molecule has 0 aliphatic rings. The molecular weight excluding hydrogens is 187 g/mol. The summed E-state index contributed by atoms with van der Waals surface area (Å²) < 4.78 is 36.2. The van der Waals surface area contributed by atoms with Gasteiger partial charge in [-0.05, 0) is 12.3 Å². The van der Waals surface area contributed by atoms with Gasteiger partial charge in [-0.3, -0.25) is 10.1 Å². The number of rotatable bonds is 3. The standard InChI is InChI=1S/C7H10F3NO2/c1-5(2)3-6(4-11(12)13)7(8,9)10/h4-5H,3H2,1-2H3/b6-4+. The number of hydrogen-bond acceptors (Lipinski definition) is 2. The third-order valence-corrected chi connectivity index (χ3v) is 1.25. The zero-order valence-electron chi connectivity index (χ0n) is 7.26. The summed E-state index contributed by atoms with van der Waals surface area (Å²) in [6.07, 6.45) is -4.90. The fraction of sp³-hybridized carbons (Fsp3) is 0.714. The highest BCUT2D eigenvalue weighted by Crippen LogP contribution is 2.30. The van der Waals surface area contributed by atoms with Crippen LogP contribution in [0.15, 0.2) is 11.8 Å². The van der Waals surface area contributed by atoms with E-state index in [1.807, 2.05) is 0 Å². The van der Waals surface area contributed by atoms with Gasteiger partial charge in [-0.25, -0.2) is 0 Å². The summed E-state index contributed by atoms with van der Waals surface area (Å²) in [6, 6.07) is 0. The van der Waals surface area contributed by atoms with Crippen molar-refractivity contribution in [2.24, 2.45) is 5.92 Å². The van der Waals surface area contributed by atoms with E-state index in [4.69, 9.17) is 0 Å². The normalized spacial score (nSPS) is 13.5. The predicted octanol–water partition coefficient (Wildman–Crippen LogP) is 2.76. The maximum atomic E-state index is 12.1. The van der Waals surface area contributed by atoms with Gasteiger partial charge in [0, 0.05) is 0 Å². The quantitative estimate of drug-likeness (QED) is 0.515. The van der Waals surface area contributed by atoms with E-state index < -0.39 is 16.7 Å². The molecule has 0 aliphatic carbocycles. The molecule has 13 heavy (non-hydrogen) atoms. The average Bonchev–Trinajstić information content (AvgIpc) is 1.81. The number of allylic oxidation sites excluding steroid dienone is 1. The molecule has 3 nitrogen and oxygen atoms in total. The number of nitrogens with zero attached hydrogens (tertiary/aromatic N) is 1. The van der Waals surface area contributed by atoms with Gasteiger partial charge >= 0.3 is 6.18 Å². The van der Waals surface area contributed by atoms with E-state index in [-0.39, 0.29) is 18.5 Å². The molecule has 0 atom stereocenters. The molecule has 0 aromatic rings. The van der Waals surface area contributed by atoms with Crippen molar-refractivity contribution in [3.63, 3.8) is 0 Å². The molecule has 0 aliphatic heterocycles. The minimum absolute atomic E-state index is 0.0278. The summed E-state index contributed by atoms with van der Waals surface area (Å²) in [5, 5.41) is 9.87. The molecule has 0 fully saturated rings. The second kappa shape index (κ2) is 4.25. The topological polar surface area (TPSA) is 43.1 Å². The molecule has 0 unspecified atom stereocenters. The van der Waals surface area contributed by atoms with Crippen molar-refractivity contribution in [2.45, 2.75) is 26.4 Å². The Morgan fingerprint density at radius 3 is 2.23 bits per heavy atom. The first-order chi connectivity index (χ1) is 5.73. The summed E-state index contributed by atoms with van der Waals surface area (Å²) in [4.78, 5) is 8.79. The zero-order chi connectivity index (χ0) is 10.6. The Bertz CT molecular complexity index is 220. The van der Waals surface area contributed by atoms with Crippen LogP contribution in [0.4, 0.5) is 13.2 Å². The number of halogens is 3. The zero-order valence-corrected chi connectivity index (χ0v) is 7.26. The maximum Gasteiger partial charge on any atom is 0.418 e. The first-order valence-electron chi connectivity index (χ1n) is 3.65. The number of nitro groups is 1. The molecule has 0 aromatic carbocycles. The van der Waals surface area contributed by atoms with Crippen molar-refractivity contribution < 1.29 is 18.1 Å². The largest absolute Gasteiger partial charge is 0.418 e. The van der Waals surface area contributed by atoms with Crippen LogP contribution in [0, 0.1) is 16.0 Å². The number of alkyl halides is 3. The highest BCUT2D eigenvalue weighted by atomic mass is 19.4. The predicted molar refractivity (Wildman–Crippen MR) is 40.6 cm³/mol. The Morgan fingerprint density at radius 1 is 1.54 bits per heavy atom. The van der Waals surface area contributed by atoms with E-state index in [1.165, 1.54) is 0 Å². The number of hydrogen-bond donors (Lipinski definition) is 0. The van der Waals surface area contributed by atoms with Crippen LogP contribution < -0.4 is 0 Å². The summed E-state index contributed by atoms with van der Waals surface area (Å²) in [5.41, 5.74) is -1.09. The Balaban J connectivity index is 4.67. The van der Waals surface area contributed by atoms with Crippen LogP contribution >= 0.6 is 0 Å². The lowest BCUT2D eigenvalue weighted by Crippen LogP contribution is -2.15. The van der Waals surface area contributed by atoms with Crippen molar-refractivity contribution in [3.05, 3.63) is 21.9 Å². The summed E-state index contributed by atoms with van der Waals surface area (Å²) >= 11 is 0. The first kappa shape index (κ1) is 11.9. The molecule has 0 N–H and O–H groups in total. The van der Waals surface area contributed by atoms with Gasteiger partial charge in [-0.15, -0.1) is 0 Å². The minimum atomic E-state index is -4.60. The van der Waals surface area contributed by atoms with Gasteiger partial charge < -0.3 is 0 Å². The van der Waals surface area contributed by atoms with E-state index in [1.54, 1.807) is 13.8 Å². The lowest BCUT2D eigenvalue weighted by molar-refractivity contribution is -0.405. The van der Waals surface area contributed by atoms with Gasteiger partial charge in [0.05, 0.1) is 4.92 Å². The Kier molecular flexibility index (Phi) is 3.90. The molecule has 76 valence electrons. The smallest absolute Gasteiger partial charge is 0.259 e. The van der Waals surface area contributed by atoms with Crippen LogP contribution in [-0.2, 0) is 0 Å². The second-order valence-electron chi connectivity index (χ2n) is 3.04. The van der Waals surface area contributed by atoms with Gasteiger partial charge in [-0.1, -0.05) is 13.8 Å². The van der Waals surface area contributed by atoms with Crippen LogP contribution in [0.25, 0.3) is 0 Å². The highest BCUT2D eigenvalue weighted by Gasteiger charge is 2.36. The van der Waals surface area contributed by atoms with Gasteiger partial charge in [0.2, 0.25) is 6.20 Å². The van der Waals surface area contributed by atoms with E-state index >= 15 is 0 Å². The van der Waals surface area contributed by atoms with Crippen molar-refractivity contribution in [2.75, 3.05) is 0 Å². The lowest BCUT2D eigenvalue weighted by atomic mass is 10.0. The van der Waals surface area contributed by atoms with Crippen LogP contribution in [-0.4, -0.2) is 11.1 Å². The van der Waals surface area contributed by atoms with Crippen molar-refractivity contribution in [1.82, 2.24) is 0 Å². The Hall–Kier alpha value is -1.07. The molecule has 0 saturated heterocycles. The molecular formula is C7H10F3NO2. The van der Waals surface area contributed by atoms with Crippen LogP contribution in [0.1, 0.15) is 20.3 Å². The van der Waals surface area contributed by atoms with E-state index in [0.717, 1.165) is 0 Å². The molecule has 0 aromatic heterocycles. The molecule has 6 heteroatoms. The molecule has 0 bridgehead atoms. The molecule has 0 heterocycles. The highest BCUT2D eigenvalue weighted by molar-refractivity contribution is 5.05. The summed E-state index contributed by atoms with van der Waals surface area (Å²) in [6.45, 7) is 3.14. The van der Waals surface area contributed by atoms with E-state index in [9.17, 15) is 23.3 Å². The van der Waals surface area contributed by atoms with Gasteiger partial charge in [0.1, 0.15) is 5.57 Å². The fourth-order valence-electron chi connectivity index (χ4n) is 0.809. The van der Waals surface area contributed by atoms with Gasteiger partial charge in [0.25, 0.3) is 0 Å². The third kappa shape index (κ3) is 5.21. The lowest BCUT2D eigenvalue weighted by Gasteiger charge is -2.10. The first-order valence-corrected chi connectivity index (χ1v) is 3.65. The molecule has 0 saturated carbocycles. The van der Waals surface area contributed by atoms with Crippen molar-refractivity contribution >= 4 is 0 Å². The fourth-order valence-corrected chi connectivity index (χ4v) is 0.809. The van der Waals surface area contributed by atoms with Gasteiger partial charge in [-0.2, -0.15) is 13.2 Å². The van der Waals surface area contributed by atoms with Gasteiger partial charge in [0.15, 0.2) is 0 Å². The Labute approximate surface area is 73.4 Å². The Morgan fingerprint density at radius 2 is 2.00 bits per heavy atom. The van der Waals surface area contributed by atoms with E-state index in [2.05, 4.69) is 0 Å². The van der Waals surface area contributed by atoms with Crippen LogP contribution in [0.5, 0.6) is 0 Å². The van der Waals surface area contributed by atoms with E-state index in [0.29, 0.717) is 0 Å². The summed E-state index contributed by atoms with van der Waals surface area (Å²) in [5.74, 6) is -0.257. The minimum Gasteiger partial charge on any atom is -0.259 e. The molecule has 0 radical (unpaired) electrons.